The Kier molecular flexibility index (Phi) is 5.25. The molecule has 1 fully saturated rings. The van der Waals surface area contributed by atoms with Gasteiger partial charge in [-0.25, -0.2) is 4.79 Å². The Labute approximate surface area is 95.3 Å². The molecule has 0 atom stereocenters. The molecule has 0 heterocycles. The average Bonchev–Trinajstić information content (AvgIpc) is 2.25. The van der Waals surface area contributed by atoms with Gasteiger partial charge in [-0.05, 0) is 38.5 Å². The van der Waals surface area contributed by atoms with E-state index in [0.29, 0.717) is 12.5 Å². The largest absolute Gasteiger partial charge is 0.449 e. The maximum absolute atomic E-state index is 10.7. The van der Waals surface area contributed by atoms with Crippen molar-refractivity contribution < 1.29 is 19.1 Å². The smallest absolute Gasteiger partial charge is 0.404 e. The van der Waals surface area contributed by atoms with E-state index in [-0.39, 0.29) is 18.5 Å². The first kappa shape index (κ1) is 13.0. The Balaban J connectivity index is 2.13. The molecule has 0 saturated heterocycles. The quantitative estimate of drug-likeness (QED) is 0.769. The monoisotopic (exact) mass is 229 g/mol. The highest BCUT2D eigenvalue weighted by molar-refractivity contribution is 5.76. The van der Waals surface area contributed by atoms with Gasteiger partial charge in [-0.1, -0.05) is 0 Å². The third-order valence-electron chi connectivity index (χ3n) is 2.78. The summed E-state index contributed by atoms with van der Waals surface area (Å²) in [6.07, 6.45) is 3.20. The van der Waals surface area contributed by atoms with Crippen molar-refractivity contribution in [3.63, 3.8) is 0 Å². The van der Waals surface area contributed by atoms with Crippen LogP contribution in [0.5, 0.6) is 0 Å². The predicted molar refractivity (Wildman–Crippen MR) is 57.9 cm³/mol. The zero-order valence-electron chi connectivity index (χ0n) is 9.61. The molecule has 0 unspecified atom stereocenters. The topological polar surface area (TPSA) is 78.6 Å². The fourth-order valence-electron chi connectivity index (χ4n) is 1.90. The number of hydrogen-bond acceptors (Lipinski definition) is 4. The molecule has 92 valence electrons. The van der Waals surface area contributed by atoms with Gasteiger partial charge in [0.1, 0.15) is 6.61 Å². The first-order chi connectivity index (χ1) is 7.58. The molecule has 0 aromatic carbocycles. The summed E-state index contributed by atoms with van der Waals surface area (Å²) in [5.74, 6) is 0.434. The van der Waals surface area contributed by atoms with Crippen molar-refractivity contribution in [2.75, 3.05) is 13.2 Å². The van der Waals surface area contributed by atoms with Crippen molar-refractivity contribution >= 4 is 11.9 Å². The number of nitrogens with two attached hydrogens (primary N) is 1. The van der Waals surface area contributed by atoms with E-state index in [0.717, 1.165) is 25.7 Å². The van der Waals surface area contributed by atoms with Crippen molar-refractivity contribution in [1.29, 1.82) is 0 Å². The van der Waals surface area contributed by atoms with Gasteiger partial charge < -0.3 is 15.2 Å². The maximum Gasteiger partial charge on any atom is 0.404 e. The van der Waals surface area contributed by atoms with E-state index in [4.69, 9.17) is 15.2 Å². The second-order valence-corrected chi connectivity index (χ2v) is 4.29. The normalized spacial score (nSPS) is 25.1. The fourth-order valence-corrected chi connectivity index (χ4v) is 1.90. The predicted octanol–water partition coefficient (Wildman–Crippen LogP) is 1.25. The Morgan fingerprint density at radius 2 is 1.88 bits per heavy atom. The number of ether oxygens (including phenoxy) is 2. The van der Waals surface area contributed by atoms with Crippen LogP contribution in [0.25, 0.3) is 0 Å². The van der Waals surface area contributed by atoms with Gasteiger partial charge in [0.15, 0.2) is 5.78 Å². The van der Waals surface area contributed by atoms with Crippen molar-refractivity contribution in [3.05, 3.63) is 0 Å². The molecular weight excluding hydrogens is 210 g/mol. The van der Waals surface area contributed by atoms with Crippen LogP contribution >= 0.6 is 0 Å². The van der Waals surface area contributed by atoms with Crippen LogP contribution in [0.1, 0.15) is 32.6 Å². The van der Waals surface area contributed by atoms with Crippen LogP contribution in [0.3, 0.4) is 0 Å². The summed E-state index contributed by atoms with van der Waals surface area (Å²) >= 11 is 0. The number of Topliss-reactive ketones (excluding diaryl/α,β-unsaturated/α-hetero) is 1. The minimum absolute atomic E-state index is 0.0548. The van der Waals surface area contributed by atoms with Crippen LogP contribution in [0.15, 0.2) is 0 Å². The summed E-state index contributed by atoms with van der Waals surface area (Å²) in [5, 5.41) is 0. The molecule has 1 amide bonds. The van der Waals surface area contributed by atoms with Crippen LogP contribution in [-0.4, -0.2) is 31.2 Å². The van der Waals surface area contributed by atoms with E-state index in [1.807, 2.05) is 0 Å². The minimum Gasteiger partial charge on any atom is -0.449 e. The lowest BCUT2D eigenvalue weighted by molar-refractivity contribution is -0.124. The van der Waals surface area contributed by atoms with Gasteiger partial charge in [0.2, 0.25) is 0 Å². The van der Waals surface area contributed by atoms with Crippen LogP contribution in [0, 0.1) is 5.92 Å². The Bertz CT molecular complexity index is 220. The lowest BCUT2D eigenvalue weighted by Gasteiger charge is -2.27. The van der Waals surface area contributed by atoms with Gasteiger partial charge in [0, 0.05) is 0 Å². The fraction of sp³-hybridized carbons (Fsp3) is 0.818. The molecule has 0 spiro atoms. The first-order valence-corrected chi connectivity index (χ1v) is 5.61. The molecular formula is C11H19NO4. The number of amides is 1. The average molecular weight is 229 g/mol. The molecule has 0 bridgehead atoms. The first-order valence-electron chi connectivity index (χ1n) is 5.61. The van der Waals surface area contributed by atoms with Crippen LogP contribution < -0.4 is 5.73 Å². The number of carbonyl (C=O) groups is 2. The molecule has 0 aromatic heterocycles. The van der Waals surface area contributed by atoms with E-state index in [2.05, 4.69) is 0 Å². The van der Waals surface area contributed by atoms with Gasteiger partial charge in [-0.2, -0.15) is 0 Å². The van der Waals surface area contributed by atoms with Crippen molar-refractivity contribution in [2.45, 2.75) is 38.7 Å². The molecule has 16 heavy (non-hydrogen) atoms. The summed E-state index contributed by atoms with van der Waals surface area (Å²) in [6, 6.07) is 0. The molecule has 2 N–H and O–H groups in total. The van der Waals surface area contributed by atoms with Gasteiger partial charge >= 0.3 is 6.09 Å². The summed E-state index contributed by atoms with van der Waals surface area (Å²) < 4.78 is 10.2. The highest BCUT2D eigenvalue weighted by Gasteiger charge is 2.22. The van der Waals surface area contributed by atoms with Gasteiger partial charge in [-0.15, -0.1) is 0 Å². The molecule has 5 nitrogen and oxygen atoms in total. The summed E-state index contributed by atoms with van der Waals surface area (Å²) in [7, 11) is 0. The third kappa shape index (κ3) is 5.11. The number of carbonyl (C=O) groups excluding carboxylic acids is 2. The number of rotatable bonds is 5. The second kappa shape index (κ2) is 6.48. The van der Waals surface area contributed by atoms with E-state index in [1.165, 1.54) is 6.92 Å². The molecule has 0 aliphatic heterocycles. The molecule has 0 aromatic rings. The lowest BCUT2D eigenvalue weighted by Crippen LogP contribution is -2.27. The van der Waals surface area contributed by atoms with Crippen LogP contribution in [0.4, 0.5) is 4.79 Å². The second-order valence-electron chi connectivity index (χ2n) is 4.29. The molecule has 1 saturated carbocycles. The van der Waals surface area contributed by atoms with E-state index < -0.39 is 6.09 Å². The Morgan fingerprint density at radius 3 is 2.38 bits per heavy atom. The lowest BCUT2D eigenvalue weighted by atomic mass is 9.88. The number of hydrogen-bond donors (Lipinski definition) is 1. The van der Waals surface area contributed by atoms with Gasteiger partial charge in [0.05, 0.1) is 12.7 Å². The third-order valence-corrected chi connectivity index (χ3v) is 2.78. The maximum atomic E-state index is 10.7. The Hall–Kier alpha value is -1.10. The molecule has 1 aliphatic carbocycles. The summed E-state index contributed by atoms with van der Waals surface area (Å²) in [5.41, 5.74) is 4.89. The van der Waals surface area contributed by atoms with Crippen molar-refractivity contribution in [3.8, 4) is 0 Å². The zero-order valence-corrected chi connectivity index (χ0v) is 9.61. The molecule has 5 heteroatoms. The zero-order chi connectivity index (χ0) is 12.0. The molecule has 0 radical (unpaired) electrons. The number of primary amides is 1. The van der Waals surface area contributed by atoms with E-state index in [9.17, 15) is 9.59 Å². The van der Waals surface area contributed by atoms with E-state index in [1.54, 1.807) is 0 Å². The molecule has 1 rings (SSSR count). The minimum atomic E-state index is -0.713. The van der Waals surface area contributed by atoms with E-state index >= 15 is 0 Å². The highest BCUT2D eigenvalue weighted by atomic mass is 16.5. The van der Waals surface area contributed by atoms with Crippen LogP contribution in [0.2, 0.25) is 0 Å². The van der Waals surface area contributed by atoms with Crippen molar-refractivity contribution in [1.82, 2.24) is 0 Å². The van der Waals surface area contributed by atoms with Gasteiger partial charge in [-0.3, -0.25) is 4.79 Å². The SMILES string of the molecule is CC(=O)COC1CCC(COC(N)=O)CC1. The summed E-state index contributed by atoms with van der Waals surface area (Å²) in [6.45, 7) is 2.12. The number of ketones is 1. The molecule has 1 aliphatic rings. The summed E-state index contributed by atoms with van der Waals surface area (Å²) in [4.78, 5) is 21.2. The Morgan fingerprint density at radius 1 is 1.25 bits per heavy atom. The standard InChI is InChI=1S/C11H19NO4/c1-8(13)6-15-10-4-2-9(3-5-10)7-16-11(12)14/h9-10H,2-7H2,1H3,(H2,12,14). The van der Waals surface area contributed by atoms with Crippen LogP contribution in [-0.2, 0) is 14.3 Å². The highest BCUT2D eigenvalue weighted by Crippen LogP contribution is 2.26. The van der Waals surface area contributed by atoms with Gasteiger partial charge in [0.25, 0.3) is 0 Å². The van der Waals surface area contributed by atoms with Crippen molar-refractivity contribution in [2.24, 2.45) is 11.7 Å².